The van der Waals surface area contributed by atoms with Crippen LogP contribution in [0.5, 0.6) is 0 Å². The summed E-state index contributed by atoms with van der Waals surface area (Å²) in [6.45, 7) is 3.91. The molecule has 1 aliphatic heterocycles. The highest BCUT2D eigenvalue weighted by atomic mass is 16.2. The Balaban J connectivity index is 2.43. The van der Waals surface area contributed by atoms with Crippen molar-refractivity contribution in [1.82, 2.24) is 4.90 Å². The maximum Gasteiger partial charge on any atom is 0.360 e. The summed E-state index contributed by atoms with van der Waals surface area (Å²) in [7, 11) is 0. The summed E-state index contributed by atoms with van der Waals surface area (Å²) in [5.74, 6) is 0.347. The molecular formula is C8H15NO+. The van der Waals surface area contributed by atoms with E-state index in [2.05, 4.69) is 0 Å². The minimum Gasteiger partial charge on any atom is -0.225 e. The highest BCUT2D eigenvalue weighted by molar-refractivity contribution is 5.78. The molecule has 1 fully saturated rings. The standard InChI is InChI=1S/C8H15NO/c1-2-9-7-5-3-4-6-8(9)10/h2-7H2,1H3/q+1. The number of hydrogen-bond acceptors (Lipinski definition) is 1. The van der Waals surface area contributed by atoms with Gasteiger partial charge in [0.1, 0.15) is 13.1 Å². The van der Waals surface area contributed by atoms with E-state index in [9.17, 15) is 4.79 Å². The number of carbonyl (C=O) groups excluding carboxylic acids is 1. The van der Waals surface area contributed by atoms with Gasteiger partial charge >= 0.3 is 5.91 Å². The van der Waals surface area contributed by atoms with E-state index in [-0.39, 0.29) is 0 Å². The Morgan fingerprint density at radius 3 is 2.90 bits per heavy atom. The van der Waals surface area contributed by atoms with E-state index in [0.717, 1.165) is 25.9 Å². The Morgan fingerprint density at radius 1 is 1.40 bits per heavy atom. The van der Waals surface area contributed by atoms with E-state index in [1.165, 1.54) is 12.8 Å². The van der Waals surface area contributed by atoms with E-state index < -0.39 is 0 Å². The fourth-order valence-corrected chi connectivity index (χ4v) is 1.37. The summed E-state index contributed by atoms with van der Waals surface area (Å²) in [5.41, 5.74) is 0. The number of amides is 1. The van der Waals surface area contributed by atoms with Gasteiger partial charge in [-0.15, -0.1) is 4.90 Å². The fraction of sp³-hybridized carbons (Fsp3) is 0.875. The van der Waals surface area contributed by atoms with Crippen LogP contribution in [0.3, 0.4) is 0 Å². The quantitative estimate of drug-likeness (QED) is 0.504. The molecule has 1 heterocycles. The minimum atomic E-state index is 0.347. The molecule has 1 radical (unpaired) electrons. The van der Waals surface area contributed by atoms with Gasteiger partial charge in [0.25, 0.3) is 0 Å². The van der Waals surface area contributed by atoms with Crippen molar-refractivity contribution in [3.05, 3.63) is 0 Å². The van der Waals surface area contributed by atoms with Crippen molar-refractivity contribution in [2.24, 2.45) is 0 Å². The zero-order chi connectivity index (χ0) is 7.40. The Morgan fingerprint density at radius 2 is 2.20 bits per heavy atom. The average Bonchev–Trinajstić information content (AvgIpc) is 2.13. The monoisotopic (exact) mass is 141 g/mol. The molecule has 1 aliphatic rings. The van der Waals surface area contributed by atoms with Gasteiger partial charge in [-0.3, -0.25) is 0 Å². The molecular weight excluding hydrogens is 126 g/mol. The van der Waals surface area contributed by atoms with E-state index in [1.54, 1.807) is 0 Å². The van der Waals surface area contributed by atoms with Crippen LogP contribution in [0.4, 0.5) is 0 Å². The average molecular weight is 141 g/mol. The largest absolute Gasteiger partial charge is 0.360 e. The predicted octanol–water partition coefficient (Wildman–Crippen LogP) is 1.25. The zero-order valence-corrected chi connectivity index (χ0v) is 6.60. The smallest absolute Gasteiger partial charge is 0.225 e. The van der Waals surface area contributed by atoms with E-state index in [4.69, 9.17) is 0 Å². The van der Waals surface area contributed by atoms with Crippen molar-refractivity contribution in [2.45, 2.75) is 32.6 Å². The highest BCUT2D eigenvalue weighted by Crippen LogP contribution is 2.08. The first kappa shape index (κ1) is 7.73. The number of hydrogen-bond donors (Lipinski definition) is 0. The lowest BCUT2D eigenvalue weighted by atomic mass is 10.2. The first-order valence-corrected chi connectivity index (χ1v) is 4.12. The first-order chi connectivity index (χ1) is 4.84. The maximum absolute atomic E-state index is 11.2. The molecule has 0 aromatic carbocycles. The van der Waals surface area contributed by atoms with Gasteiger partial charge in [0, 0.05) is 6.42 Å². The molecule has 1 saturated heterocycles. The Kier molecular flexibility index (Phi) is 2.87. The maximum atomic E-state index is 11.2. The summed E-state index contributed by atoms with van der Waals surface area (Å²) in [6.07, 6.45) is 4.28. The van der Waals surface area contributed by atoms with Crippen molar-refractivity contribution < 1.29 is 4.79 Å². The summed E-state index contributed by atoms with van der Waals surface area (Å²) in [5, 5.41) is 0. The van der Waals surface area contributed by atoms with Crippen LogP contribution in [0.25, 0.3) is 0 Å². The molecule has 0 unspecified atom stereocenters. The molecule has 2 heteroatoms. The summed E-state index contributed by atoms with van der Waals surface area (Å²) < 4.78 is 0. The first-order valence-electron chi connectivity index (χ1n) is 4.12. The third kappa shape index (κ3) is 1.81. The normalized spacial score (nSPS) is 22.7. The van der Waals surface area contributed by atoms with Gasteiger partial charge in [0.15, 0.2) is 0 Å². The molecule has 0 atom stereocenters. The molecule has 0 aromatic heterocycles. The van der Waals surface area contributed by atoms with Crippen LogP contribution >= 0.6 is 0 Å². The number of likely N-dealkylation sites (tertiary alicyclic amines) is 1. The van der Waals surface area contributed by atoms with Gasteiger partial charge in [0.05, 0.1) is 6.42 Å². The van der Waals surface area contributed by atoms with Gasteiger partial charge in [-0.05, 0) is 19.8 Å². The number of carbonyl (C=O) groups is 1. The zero-order valence-electron chi connectivity index (χ0n) is 6.60. The molecule has 0 aliphatic carbocycles. The molecule has 0 bridgehead atoms. The molecule has 0 N–H and O–H groups in total. The molecule has 2 nitrogen and oxygen atoms in total. The third-order valence-corrected chi connectivity index (χ3v) is 2.05. The Hall–Kier alpha value is -0.370. The third-order valence-electron chi connectivity index (χ3n) is 2.05. The van der Waals surface area contributed by atoms with Crippen LogP contribution in [-0.4, -0.2) is 19.0 Å². The molecule has 0 spiro atoms. The molecule has 0 saturated carbocycles. The lowest BCUT2D eigenvalue weighted by molar-refractivity contribution is -0.125. The van der Waals surface area contributed by atoms with Crippen molar-refractivity contribution >= 4 is 5.91 Å². The molecule has 0 aromatic rings. The van der Waals surface area contributed by atoms with Gasteiger partial charge in [-0.1, -0.05) is 0 Å². The van der Waals surface area contributed by atoms with Crippen molar-refractivity contribution in [3.8, 4) is 0 Å². The van der Waals surface area contributed by atoms with Crippen molar-refractivity contribution in [3.63, 3.8) is 0 Å². The van der Waals surface area contributed by atoms with E-state index in [0.29, 0.717) is 5.91 Å². The van der Waals surface area contributed by atoms with Crippen molar-refractivity contribution in [2.75, 3.05) is 13.1 Å². The lowest BCUT2D eigenvalue weighted by Gasteiger charge is -2.01. The summed E-state index contributed by atoms with van der Waals surface area (Å²) in [4.78, 5) is 13.1. The SMILES string of the molecule is CC[N+]1CCCCCC1=O. The van der Waals surface area contributed by atoms with Crippen LogP contribution in [0.15, 0.2) is 0 Å². The Labute approximate surface area is 62.2 Å². The van der Waals surface area contributed by atoms with Crippen LogP contribution in [0.2, 0.25) is 0 Å². The Bertz CT molecular complexity index is 122. The summed E-state index contributed by atoms with van der Waals surface area (Å²) in [6, 6.07) is 0. The predicted molar refractivity (Wildman–Crippen MR) is 41.0 cm³/mol. The lowest BCUT2D eigenvalue weighted by Crippen LogP contribution is -2.35. The van der Waals surface area contributed by atoms with E-state index >= 15 is 0 Å². The van der Waals surface area contributed by atoms with Crippen molar-refractivity contribution in [1.29, 1.82) is 0 Å². The molecule has 57 valence electrons. The van der Waals surface area contributed by atoms with Gasteiger partial charge in [0.2, 0.25) is 0 Å². The molecule has 1 rings (SSSR count). The van der Waals surface area contributed by atoms with Gasteiger partial charge in [-0.2, -0.15) is 0 Å². The van der Waals surface area contributed by atoms with E-state index in [1.807, 2.05) is 11.8 Å². The van der Waals surface area contributed by atoms with Crippen LogP contribution in [-0.2, 0) is 4.79 Å². The molecule has 1 amide bonds. The molecule has 10 heavy (non-hydrogen) atoms. The van der Waals surface area contributed by atoms with Gasteiger partial charge < -0.3 is 0 Å². The highest BCUT2D eigenvalue weighted by Gasteiger charge is 2.24. The summed E-state index contributed by atoms with van der Waals surface area (Å²) >= 11 is 0. The fourth-order valence-electron chi connectivity index (χ4n) is 1.37. The van der Waals surface area contributed by atoms with Crippen LogP contribution in [0.1, 0.15) is 32.6 Å². The van der Waals surface area contributed by atoms with Crippen LogP contribution in [0, 0.1) is 0 Å². The second-order valence-electron chi connectivity index (χ2n) is 2.78. The number of rotatable bonds is 1. The number of nitrogens with zero attached hydrogens (tertiary/aromatic N) is 1. The van der Waals surface area contributed by atoms with Gasteiger partial charge in [-0.25, -0.2) is 4.79 Å². The second kappa shape index (κ2) is 3.71. The topological polar surface area (TPSA) is 23.0 Å². The minimum absolute atomic E-state index is 0.347. The van der Waals surface area contributed by atoms with Crippen LogP contribution < -0.4 is 4.90 Å². The second-order valence-corrected chi connectivity index (χ2v) is 2.78.